The lowest BCUT2D eigenvalue weighted by atomic mass is 9.92. The number of hydrogen-bond donors (Lipinski definition) is 2. The van der Waals surface area contributed by atoms with Crippen molar-refractivity contribution in [2.24, 2.45) is 0 Å². The van der Waals surface area contributed by atoms with E-state index in [1.54, 1.807) is 18.2 Å². The Morgan fingerprint density at radius 3 is 2.15 bits per heavy atom. The first-order valence-corrected chi connectivity index (χ1v) is 12.9. The summed E-state index contributed by atoms with van der Waals surface area (Å²) in [5.74, 6) is -1.46. The van der Waals surface area contributed by atoms with E-state index in [9.17, 15) is 40.3 Å². The van der Waals surface area contributed by atoms with Crippen LogP contribution in [0.2, 0.25) is 5.15 Å². The molecule has 40 heavy (non-hydrogen) atoms. The number of benzene rings is 2. The predicted molar refractivity (Wildman–Crippen MR) is 141 cm³/mol. The highest BCUT2D eigenvalue weighted by atomic mass is 127. The van der Waals surface area contributed by atoms with Crippen LogP contribution in [0.3, 0.4) is 0 Å². The average Bonchev–Trinajstić information content (AvgIpc) is 3.63. The van der Waals surface area contributed by atoms with Crippen LogP contribution in [0.15, 0.2) is 54.7 Å². The smallest absolute Gasteiger partial charge is 0.342 e. The number of nitrogens with one attached hydrogen (secondary N) is 2. The quantitative estimate of drug-likeness (QED) is 0.158. The van der Waals surface area contributed by atoms with Gasteiger partial charge in [0.15, 0.2) is 0 Å². The van der Waals surface area contributed by atoms with Gasteiger partial charge in [0, 0.05) is 26.6 Å². The van der Waals surface area contributed by atoms with E-state index in [1.165, 1.54) is 18.3 Å². The van der Waals surface area contributed by atoms with Crippen LogP contribution in [0, 0.1) is 10.5 Å². The van der Waals surface area contributed by atoms with Gasteiger partial charge in [0.05, 0.1) is 16.7 Å². The molecule has 4 rings (SSSR count). The molecule has 0 radical (unpaired) electrons. The van der Waals surface area contributed by atoms with Gasteiger partial charge < -0.3 is 10.6 Å². The van der Waals surface area contributed by atoms with E-state index in [2.05, 4.69) is 15.6 Å². The number of carbonyl (C=O) groups is 2. The van der Waals surface area contributed by atoms with Gasteiger partial charge in [-0.3, -0.25) is 9.59 Å². The normalized spacial score (nSPS) is 14.9. The maximum atomic E-state index is 14.5. The summed E-state index contributed by atoms with van der Waals surface area (Å²) in [5, 5.41) is 5.50. The first kappa shape index (κ1) is 30.0. The number of anilines is 1. The number of hydrogen-bond acceptors (Lipinski definition) is 3. The van der Waals surface area contributed by atoms with Crippen LogP contribution >= 0.6 is 34.2 Å². The number of pyridine rings is 1. The molecule has 0 aliphatic heterocycles. The van der Waals surface area contributed by atoms with Gasteiger partial charge in [-0.1, -0.05) is 35.9 Å². The van der Waals surface area contributed by atoms with Gasteiger partial charge in [-0.05, 0) is 72.2 Å². The molecule has 2 N–H and O–H groups in total. The Labute approximate surface area is 241 Å². The van der Waals surface area contributed by atoms with Gasteiger partial charge in [0.25, 0.3) is 11.8 Å². The largest absolute Gasteiger partial charge is 0.435 e. The summed E-state index contributed by atoms with van der Waals surface area (Å²) in [4.78, 5) is 30.6. The lowest BCUT2D eigenvalue weighted by Gasteiger charge is -2.30. The van der Waals surface area contributed by atoms with Gasteiger partial charge in [0.1, 0.15) is 5.15 Å². The van der Waals surface area contributed by atoms with Gasteiger partial charge >= 0.3 is 18.0 Å². The second-order valence-electron chi connectivity index (χ2n) is 9.18. The maximum Gasteiger partial charge on any atom is 0.435 e. The topological polar surface area (TPSA) is 71.1 Å². The fourth-order valence-electron chi connectivity index (χ4n) is 4.25. The minimum absolute atomic E-state index is 0.00178. The molecule has 0 bridgehead atoms. The third-order valence-electron chi connectivity index (χ3n) is 6.52. The van der Waals surface area contributed by atoms with Gasteiger partial charge in [-0.15, -0.1) is 0 Å². The standard InChI is InChI=1S/C26H18ClF7IN3O2/c1-13-12-14(24(28,25(29,30)31)26(32,33)34)7-8-18(13)37-21(39)15-4-2-6-17(35)19(15)22(40)38-23(9-10-23)16-5-3-11-36-20(16)27/h2-8,11-12H,9-10H2,1H3,(H,37,39)(H,38,40). The summed E-state index contributed by atoms with van der Waals surface area (Å²) in [6.45, 7) is 1.11. The lowest BCUT2D eigenvalue weighted by Crippen LogP contribution is -2.50. The molecule has 5 nitrogen and oxygen atoms in total. The molecule has 3 aromatic rings. The molecule has 14 heteroatoms. The zero-order valence-electron chi connectivity index (χ0n) is 20.3. The number of amides is 2. The number of aromatic nitrogens is 1. The Hall–Kier alpha value is -2.94. The Balaban J connectivity index is 1.62. The van der Waals surface area contributed by atoms with E-state index in [4.69, 9.17) is 11.6 Å². The monoisotopic (exact) mass is 699 g/mol. The van der Waals surface area contributed by atoms with Gasteiger partial charge in [-0.2, -0.15) is 26.3 Å². The fraction of sp³-hybridized carbons (Fsp3) is 0.269. The van der Waals surface area contributed by atoms with Crippen LogP contribution in [0.5, 0.6) is 0 Å². The first-order chi connectivity index (χ1) is 18.5. The number of alkyl halides is 7. The van der Waals surface area contributed by atoms with Crippen LogP contribution in [-0.4, -0.2) is 29.2 Å². The lowest BCUT2D eigenvalue weighted by molar-refractivity contribution is -0.348. The third-order valence-corrected chi connectivity index (χ3v) is 7.72. The van der Waals surface area contributed by atoms with Crippen LogP contribution in [0.4, 0.5) is 36.4 Å². The average molecular weight is 700 g/mol. The van der Waals surface area contributed by atoms with Gasteiger partial charge in [0.2, 0.25) is 0 Å². The molecule has 1 heterocycles. The molecule has 1 aliphatic rings. The minimum Gasteiger partial charge on any atom is -0.342 e. The second-order valence-corrected chi connectivity index (χ2v) is 10.7. The number of nitrogens with zero attached hydrogens (tertiary/aromatic N) is 1. The molecule has 1 aromatic heterocycles. The molecule has 1 aliphatic carbocycles. The highest BCUT2D eigenvalue weighted by Gasteiger charge is 2.73. The Kier molecular flexibility index (Phi) is 7.86. The SMILES string of the molecule is Cc1cc(C(F)(C(F)(F)F)C(F)(F)F)ccc1NC(=O)c1cccc(I)c1C(=O)NC1(c2cccnc2Cl)CC1. The molecule has 2 aromatic carbocycles. The zero-order chi connectivity index (χ0) is 29.7. The van der Waals surface area contributed by atoms with E-state index in [0.717, 1.165) is 13.0 Å². The van der Waals surface area contributed by atoms with Crippen molar-refractivity contribution in [1.29, 1.82) is 0 Å². The molecular weight excluding hydrogens is 682 g/mol. The summed E-state index contributed by atoms with van der Waals surface area (Å²) >= 11 is 8.07. The van der Waals surface area contributed by atoms with Crippen LogP contribution < -0.4 is 10.6 Å². The fourth-order valence-corrected chi connectivity index (χ4v) is 5.29. The molecule has 0 atom stereocenters. The summed E-state index contributed by atoms with van der Waals surface area (Å²) < 4.78 is 93.7. The van der Waals surface area contributed by atoms with Crippen molar-refractivity contribution in [3.63, 3.8) is 0 Å². The highest BCUT2D eigenvalue weighted by Crippen LogP contribution is 2.53. The Morgan fingerprint density at radius 1 is 0.950 bits per heavy atom. The van der Waals surface area contributed by atoms with E-state index in [1.807, 2.05) is 22.6 Å². The van der Waals surface area contributed by atoms with Crippen molar-refractivity contribution >= 4 is 51.7 Å². The number of rotatable bonds is 6. The van der Waals surface area contributed by atoms with Crippen molar-refractivity contribution < 1.29 is 40.3 Å². The van der Waals surface area contributed by atoms with Crippen LogP contribution in [0.25, 0.3) is 0 Å². The van der Waals surface area contributed by atoms with Crippen LogP contribution in [-0.2, 0) is 11.2 Å². The summed E-state index contributed by atoms with van der Waals surface area (Å²) in [6.07, 6.45) is -9.89. The molecule has 0 spiro atoms. The highest BCUT2D eigenvalue weighted by molar-refractivity contribution is 14.1. The van der Waals surface area contributed by atoms with Crippen LogP contribution in [0.1, 0.15) is 50.2 Å². The van der Waals surface area contributed by atoms with Crippen molar-refractivity contribution in [2.45, 2.75) is 43.3 Å². The number of carbonyl (C=O) groups excluding carboxylic acids is 2. The van der Waals surface area contributed by atoms with Crippen molar-refractivity contribution in [3.05, 3.63) is 91.3 Å². The van der Waals surface area contributed by atoms with Crippen molar-refractivity contribution in [3.8, 4) is 0 Å². The molecule has 1 fully saturated rings. The minimum atomic E-state index is -6.27. The summed E-state index contributed by atoms with van der Waals surface area (Å²) in [7, 11) is 0. The summed E-state index contributed by atoms with van der Waals surface area (Å²) in [5.41, 5.74) is -8.00. The zero-order valence-corrected chi connectivity index (χ0v) is 23.2. The third kappa shape index (κ3) is 5.37. The molecular formula is C26H18ClF7IN3O2. The van der Waals surface area contributed by atoms with E-state index < -0.39 is 40.9 Å². The Morgan fingerprint density at radius 2 is 1.60 bits per heavy atom. The van der Waals surface area contributed by atoms with Crippen molar-refractivity contribution in [1.82, 2.24) is 10.3 Å². The molecule has 1 saturated carbocycles. The first-order valence-electron chi connectivity index (χ1n) is 11.5. The maximum absolute atomic E-state index is 14.5. The Bertz CT molecular complexity index is 1480. The predicted octanol–water partition coefficient (Wildman–Crippen LogP) is 7.61. The molecule has 212 valence electrons. The van der Waals surface area contributed by atoms with Gasteiger partial charge in [-0.25, -0.2) is 9.37 Å². The van der Waals surface area contributed by atoms with E-state index in [-0.39, 0.29) is 27.5 Å². The number of halogens is 9. The summed E-state index contributed by atoms with van der Waals surface area (Å²) in [6, 6.07) is 9.23. The van der Waals surface area contributed by atoms with E-state index >= 15 is 0 Å². The molecule has 0 saturated heterocycles. The van der Waals surface area contributed by atoms with Crippen molar-refractivity contribution in [2.75, 3.05) is 5.32 Å². The second kappa shape index (κ2) is 10.5. The van der Waals surface area contributed by atoms with E-state index in [0.29, 0.717) is 34.1 Å². The number of aryl methyl sites for hydroxylation is 1. The molecule has 2 amide bonds. The molecule has 0 unspecified atom stereocenters.